The molecule has 2 fully saturated rings. The van der Waals surface area contributed by atoms with E-state index >= 15 is 0 Å². The van der Waals surface area contributed by atoms with Gasteiger partial charge in [0, 0.05) is 31.0 Å². The minimum Gasteiger partial charge on any atom is -0.380 e. The summed E-state index contributed by atoms with van der Waals surface area (Å²) in [5.74, 6) is 0.987. The highest BCUT2D eigenvalue weighted by Crippen LogP contribution is 2.50. The van der Waals surface area contributed by atoms with Crippen LogP contribution in [0.1, 0.15) is 36.4 Å². The summed E-state index contributed by atoms with van der Waals surface area (Å²) in [6.07, 6.45) is 8.29. The number of nitrogens with zero attached hydrogens (tertiary/aromatic N) is 3. The van der Waals surface area contributed by atoms with Crippen LogP contribution in [0.2, 0.25) is 0 Å². The summed E-state index contributed by atoms with van der Waals surface area (Å²) in [6, 6.07) is 8.85. The van der Waals surface area contributed by atoms with Gasteiger partial charge in [-0.3, -0.25) is 0 Å². The van der Waals surface area contributed by atoms with Gasteiger partial charge in [0.1, 0.15) is 10.8 Å². The molecule has 2 aliphatic heterocycles. The lowest BCUT2D eigenvalue weighted by molar-refractivity contribution is 0.187. The second-order valence-electron chi connectivity index (χ2n) is 8.02. The van der Waals surface area contributed by atoms with Gasteiger partial charge >= 0.3 is 0 Å². The van der Waals surface area contributed by atoms with Crippen LogP contribution in [0.3, 0.4) is 0 Å². The van der Waals surface area contributed by atoms with E-state index in [9.17, 15) is 0 Å². The Morgan fingerprint density at radius 3 is 2.70 bits per heavy atom. The molecule has 0 unspecified atom stereocenters. The van der Waals surface area contributed by atoms with E-state index in [4.69, 9.17) is 10.5 Å². The van der Waals surface area contributed by atoms with Crippen LogP contribution in [0, 0.1) is 5.41 Å². The average molecular weight is 383 g/mol. The van der Waals surface area contributed by atoms with Gasteiger partial charge in [-0.15, -0.1) is 0 Å². The zero-order valence-corrected chi connectivity index (χ0v) is 16.3. The first-order valence-electron chi connectivity index (χ1n) is 9.88. The van der Waals surface area contributed by atoms with E-state index < -0.39 is 0 Å². The van der Waals surface area contributed by atoms with Crippen molar-refractivity contribution >= 4 is 17.6 Å². The molecule has 2 aromatic rings. The van der Waals surface area contributed by atoms with Crippen molar-refractivity contribution in [2.45, 2.75) is 42.0 Å². The fraction of sp³-hybridized carbons (Fsp3) is 0.524. The molecular weight excluding hydrogens is 356 g/mol. The molecular formula is C21H26N4OS. The maximum Gasteiger partial charge on any atom is 0.147 e. The molecule has 2 atom stereocenters. The maximum atomic E-state index is 6.68. The predicted octanol–water partition coefficient (Wildman–Crippen LogP) is 3.20. The number of nitrogens with two attached hydrogens (primary N) is 1. The first-order valence-corrected chi connectivity index (χ1v) is 10.8. The van der Waals surface area contributed by atoms with Crippen molar-refractivity contribution in [1.82, 2.24) is 9.97 Å². The van der Waals surface area contributed by atoms with Gasteiger partial charge in [-0.2, -0.15) is 0 Å². The lowest BCUT2D eigenvalue weighted by atomic mass is 9.73. The van der Waals surface area contributed by atoms with Crippen LogP contribution in [-0.2, 0) is 11.2 Å². The smallest absolute Gasteiger partial charge is 0.147 e. The number of hydrogen-bond acceptors (Lipinski definition) is 6. The quantitative estimate of drug-likeness (QED) is 0.879. The second-order valence-corrected chi connectivity index (χ2v) is 9.34. The highest BCUT2D eigenvalue weighted by atomic mass is 32.2. The normalized spacial score (nSPS) is 26.5. The molecule has 1 aromatic carbocycles. The van der Waals surface area contributed by atoms with Crippen LogP contribution in [0.5, 0.6) is 0 Å². The molecule has 6 heteroatoms. The van der Waals surface area contributed by atoms with Gasteiger partial charge in [0.05, 0.1) is 19.0 Å². The Morgan fingerprint density at radius 1 is 1.15 bits per heavy atom. The van der Waals surface area contributed by atoms with Crippen LogP contribution in [0.4, 0.5) is 5.82 Å². The first-order chi connectivity index (χ1) is 13.2. The number of rotatable bonds is 3. The standard InChI is InChI=1S/C21H26N4OS/c22-20-17-4-2-1-3-15(17)11-21(20)6-8-25(9-7-21)18-12-24-19(13-23-18)27-16-5-10-26-14-16/h1-4,12-13,16,20H,5-11,14,22H2/t16-,20+/m0/s1. The van der Waals surface area contributed by atoms with Gasteiger partial charge in [-0.05, 0) is 42.2 Å². The molecule has 5 rings (SSSR count). The van der Waals surface area contributed by atoms with E-state index in [2.05, 4.69) is 39.1 Å². The zero-order valence-electron chi connectivity index (χ0n) is 15.5. The molecule has 1 spiro atoms. The largest absolute Gasteiger partial charge is 0.380 e. The van der Waals surface area contributed by atoms with Crippen molar-refractivity contribution in [3.05, 3.63) is 47.8 Å². The molecule has 2 saturated heterocycles. The molecule has 2 N–H and O–H groups in total. The molecule has 1 aliphatic carbocycles. The van der Waals surface area contributed by atoms with Crippen LogP contribution in [0.25, 0.3) is 0 Å². The topological polar surface area (TPSA) is 64.3 Å². The van der Waals surface area contributed by atoms with Crippen LogP contribution >= 0.6 is 11.8 Å². The Bertz CT molecular complexity index is 798. The highest BCUT2D eigenvalue weighted by Gasteiger charge is 2.45. The highest BCUT2D eigenvalue weighted by molar-refractivity contribution is 7.99. The zero-order chi connectivity index (χ0) is 18.3. The summed E-state index contributed by atoms with van der Waals surface area (Å²) in [5, 5.41) is 1.52. The van der Waals surface area contributed by atoms with Crippen molar-refractivity contribution < 1.29 is 4.74 Å². The van der Waals surface area contributed by atoms with Gasteiger partial charge in [0.25, 0.3) is 0 Å². The molecule has 1 aromatic heterocycles. The van der Waals surface area contributed by atoms with Crippen LogP contribution in [-0.4, -0.2) is 41.5 Å². The Hall–Kier alpha value is -1.63. The van der Waals surface area contributed by atoms with E-state index in [1.165, 1.54) is 11.1 Å². The van der Waals surface area contributed by atoms with Gasteiger partial charge in [0.2, 0.25) is 0 Å². The summed E-state index contributed by atoms with van der Waals surface area (Å²) in [5.41, 5.74) is 9.68. The van der Waals surface area contributed by atoms with E-state index in [0.29, 0.717) is 5.25 Å². The number of aromatic nitrogens is 2. The minimum absolute atomic E-state index is 0.161. The third-order valence-electron chi connectivity index (χ3n) is 6.47. The van der Waals surface area contributed by atoms with Gasteiger partial charge in [-0.1, -0.05) is 36.0 Å². The fourth-order valence-corrected chi connectivity index (χ4v) is 5.74. The van der Waals surface area contributed by atoms with Gasteiger partial charge < -0.3 is 15.4 Å². The fourth-order valence-electron chi connectivity index (χ4n) is 4.80. The number of anilines is 1. The molecule has 5 nitrogen and oxygen atoms in total. The third kappa shape index (κ3) is 3.24. The summed E-state index contributed by atoms with van der Waals surface area (Å²) in [4.78, 5) is 11.7. The third-order valence-corrected chi connectivity index (χ3v) is 7.62. The summed E-state index contributed by atoms with van der Waals surface area (Å²) in [6.45, 7) is 3.69. The van der Waals surface area contributed by atoms with Gasteiger partial charge in [-0.25, -0.2) is 9.97 Å². The first kappa shape index (κ1) is 17.5. The number of ether oxygens (including phenoxy) is 1. The Labute approximate surface area is 164 Å². The van der Waals surface area contributed by atoms with Crippen molar-refractivity contribution in [2.24, 2.45) is 11.1 Å². The predicted molar refractivity (Wildman–Crippen MR) is 108 cm³/mol. The van der Waals surface area contributed by atoms with E-state index in [1.54, 1.807) is 11.8 Å². The minimum atomic E-state index is 0.161. The molecule has 27 heavy (non-hydrogen) atoms. The number of piperidine rings is 1. The van der Waals surface area contributed by atoms with Crippen LogP contribution < -0.4 is 10.6 Å². The number of thioether (sulfide) groups is 1. The molecule has 0 bridgehead atoms. The Kier molecular flexibility index (Phi) is 4.58. The monoisotopic (exact) mass is 382 g/mol. The van der Waals surface area contributed by atoms with Crippen molar-refractivity contribution in [3.8, 4) is 0 Å². The maximum absolute atomic E-state index is 6.68. The molecule has 0 saturated carbocycles. The van der Waals surface area contributed by atoms with Crippen molar-refractivity contribution in [2.75, 3.05) is 31.2 Å². The summed E-state index contributed by atoms with van der Waals surface area (Å²) in [7, 11) is 0. The van der Waals surface area contributed by atoms with E-state index in [0.717, 1.165) is 62.8 Å². The van der Waals surface area contributed by atoms with Gasteiger partial charge in [0.15, 0.2) is 0 Å². The second kappa shape index (κ2) is 7.08. The Balaban J connectivity index is 1.23. The molecule has 0 radical (unpaired) electrons. The van der Waals surface area contributed by atoms with E-state index in [1.807, 2.05) is 12.4 Å². The van der Waals surface area contributed by atoms with E-state index in [-0.39, 0.29) is 11.5 Å². The summed E-state index contributed by atoms with van der Waals surface area (Å²) >= 11 is 1.78. The number of hydrogen-bond donors (Lipinski definition) is 1. The lowest BCUT2D eigenvalue weighted by Crippen LogP contribution is -2.44. The van der Waals surface area contributed by atoms with Crippen molar-refractivity contribution in [1.29, 1.82) is 0 Å². The Morgan fingerprint density at radius 2 is 2.00 bits per heavy atom. The molecule has 142 valence electrons. The lowest BCUT2D eigenvalue weighted by Gasteiger charge is -2.42. The van der Waals surface area contributed by atoms with Crippen molar-refractivity contribution in [3.63, 3.8) is 0 Å². The number of fused-ring (bicyclic) bond motifs is 1. The average Bonchev–Trinajstić information content (AvgIpc) is 3.31. The molecule has 3 aliphatic rings. The van der Waals surface area contributed by atoms with Crippen LogP contribution in [0.15, 0.2) is 41.7 Å². The SMILES string of the molecule is N[C@@H]1c2ccccc2CC12CCN(c1cnc(S[C@H]3CCOC3)cn1)CC2. The summed E-state index contributed by atoms with van der Waals surface area (Å²) < 4.78 is 5.44. The molecule has 0 amide bonds. The number of benzene rings is 1. The molecule has 3 heterocycles.